The van der Waals surface area contributed by atoms with Gasteiger partial charge in [0.15, 0.2) is 0 Å². The van der Waals surface area contributed by atoms with Gasteiger partial charge in [-0.15, -0.1) is 0 Å². The largest absolute Gasteiger partial charge is 0.330 e. The van der Waals surface area contributed by atoms with Crippen LogP contribution in [0.5, 0.6) is 0 Å². The molecule has 0 aliphatic heterocycles. The molecule has 0 bridgehead atoms. The molecule has 1 rings (SSSR count). The lowest BCUT2D eigenvalue weighted by Gasteiger charge is -2.30. The van der Waals surface area contributed by atoms with Crippen molar-refractivity contribution in [3.63, 3.8) is 0 Å². The van der Waals surface area contributed by atoms with Crippen molar-refractivity contribution in [3.8, 4) is 0 Å². The maximum Gasteiger partial charge on any atom is 0.247 e. The lowest BCUT2D eigenvalue weighted by Crippen LogP contribution is -2.52. The van der Waals surface area contributed by atoms with E-state index in [1.807, 2.05) is 70.2 Å². The van der Waals surface area contributed by atoms with Gasteiger partial charge in [0.2, 0.25) is 17.7 Å². The Balaban J connectivity index is 3.10. The van der Waals surface area contributed by atoms with Crippen molar-refractivity contribution in [2.75, 3.05) is 13.1 Å². The summed E-state index contributed by atoms with van der Waals surface area (Å²) in [6.07, 6.45) is 5.15. The maximum absolute atomic E-state index is 13.3. The van der Waals surface area contributed by atoms with Gasteiger partial charge in [0.25, 0.3) is 0 Å². The van der Waals surface area contributed by atoms with E-state index < -0.39 is 23.7 Å². The fourth-order valence-corrected chi connectivity index (χ4v) is 3.59. The third kappa shape index (κ3) is 10.6. The highest BCUT2D eigenvalue weighted by Crippen LogP contribution is 2.25. The first-order valence-electron chi connectivity index (χ1n) is 11.7. The number of rotatable bonds is 13. The summed E-state index contributed by atoms with van der Waals surface area (Å²) in [6.45, 7) is 8.58. The molecule has 8 heteroatoms. The van der Waals surface area contributed by atoms with Crippen LogP contribution in [0.3, 0.4) is 0 Å². The van der Waals surface area contributed by atoms with Gasteiger partial charge in [-0.05, 0) is 43.2 Å². The van der Waals surface area contributed by atoms with E-state index in [-0.39, 0.29) is 30.6 Å². The molecule has 184 valence electrons. The molecule has 0 aliphatic carbocycles. The number of benzene rings is 1. The number of hydrazine groups is 1. The molecule has 3 amide bonds. The van der Waals surface area contributed by atoms with Crippen LogP contribution in [0, 0.1) is 23.7 Å². The van der Waals surface area contributed by atoms with Crippen molar-refractivity contribution in [2.24, 2.45) is 29.4 Å². The lowest BCUT2D eigenvalue weighted by atomic mass is 9.82. The summed E-state index contributed by atoms with van der Waals surface area (Å²) in [5.41, 5.74) is 11.0. The molecule has 0 unspecified atom stereocenters. The number of allylic oxidation sites excluding steroid dienone is 1. The number of nitrogens with two attached hydrogens (primary N) is 1. The van der Waals surface area contributed by atoms with E-state index in [0.29, 0.717) is 25.9 Å². The Kier molecular flexibility index (Phi) is 13.0. The highest BCUT2D eigenvalue weighted by Gasteiger charge is 2.34. The normalized spacial score (nSPS) is 13.2. The van der Waals surface area contributed by atoms with Crippen molar-refractivity contribution >= 4 is 23.8 Å². The molecule has 1 aromatic carbocycles. The molecule has 0 saturated heterocycles. The summed E-state index contributed by atoms with van der Waals surface area (Å²) in [6, 6.07) is 9.62. The number of amides is 3. The molecule has 0 saturated carbocycles. The van der Waals surface area contributed by atoms with Crippen LogP contribution in [-0.4, -0.2) is 41.0 Å². The van der Waals surface area contributed by atoms with Crippen molar-refractivity contribution in [1.82, 2.24) is 15.9 Å². The van der Waals surface area contributed by atoms with Gasteiger partial charge < -0.3 is 5.73 Å². The van der Waals surface area contributed by atoms with Crippen molar-refractivity contribution in [3.05, 3.63) is 42.0 Å². The van der Waals surface area contributed by atoms with E-state index in [2.05, 4.69) is 5.43 Å². The van der Waals surface area contributed by atoms with Gasteiger partial charge in [-0.2, -0.15) is 0 Å². The van der Waals surface area contributed by atoms with Crippen LogP contribution >= 0.6 is 0 Å². The van der Waals surface area contributed by atoms with Gasteiger partial charge in [0.05, 0.1) is 11.8 Å². The minimum Gasteiger partial charge on any atom is -0.330 e. The van der Waals surface area contributed by atoms with E-state index in [0.717, 1.165) is 5.56 Å². The fraction of sp³-hybridized carbons (Fsp3) is 0.560. The molecule has 0 fully saturated rings. The highest BCUT2D eigenvalue weighted by molar-refractivity contribution is 5.89. The second-order valence-electron chi connectivity index (χ2n) is 9.13. The van der Waals surface area contributed by atoms with Gasteiger partial charge in [0, 0.05) is 13.0 Å². The molecule has 0 aliphatic rings. The Morgan fingerprint density at radius 3 is 2.24 bits per heavy atom. The summed E-state index contributed by atoms with van der Waals surface area (Å²) in [7, 11) is 0. The van der Waals surface area contributed by atoms with Gasteiger partial charge >= 0.3 is 0 Å². The zero-order valence-corrected chi connectivity index (χ0v) is 20.3. The Morgan fingerprint density at radius 1 is 1.03 bits per heavy atom. The van der Waals surface area contributed by atoms with Gasteiger partial charge in [0.1, 0.15) is 0 Å². The molecule has 2 atom stereocenters. The zero-order valence-electron chi connectivity index (χ0n) is 20.3. The first-order valence-corrected chi connectivity index (χ1v) is 11.7. The molecular formula is C25H40N4O4. The van der Waals surface area contributed by atoms with E-state index in [4.69, 9.17) is 5.73 Å². The predicted molar refractivity (Wildman–Crippen MR) is 129 cm³/mol. The van der Waals surface area contributed by atoms with E-state index in [9.17, 15) is 19.6 Å². The molecule has 0 radical (unpaired) electrons. The molecular weight excluding hydrogens is 420 g/mol. The number of hydrogen-bond donors (Lipinski definition) is 4. The Hall–Kier alpha value is -2.71. The molecule has 33 heavy (non-hydrogen) atoms. The zero-order chi connectivity index (χ0) is 24.8. The van der Waals surface area contributed by atoms with Crippen molar-refractivity contribution in [2.45, 2.75) is 53.4 Å². The number of hydroxylamine groups is 1. The summed E-state index contributed by atoms with van der Waals surface area (Å²) in [5.74, 6) is -2.50. The van der Waals surface area contributed by atoms with Crippen LogP contribution in [0.1, 0.15) is 58.9 Å². The SMILES string of the molecule is CC(C)C[C@@H](C(=O)NN(CC(C)C)C(=O)CCCN)[C@H](C/C=C/c1ccccc1)C(=O)NO. The maximum atomic E-state index is 13.3. The third-order valence-corrected chi connectivity index (χ3v) is 5.18. The smallest absolute Gasteiger partial charge is 0.247 e. The molecule has 0 heterocycles. The average Bonchev–Trinajstić information content (AvgIpc) is 2.78. The molecule has 5 N–H and O–H groups in total. The monoisotopic (exact) mass is 460 g/mol. The molecule has 8 nitrogen and oxygen atoms in total. The van der Waals surface area contributed by atoms with E-state index in [1.165, 1.54) is 5.01 Å². The standard InChI is InChI=1S/C25H40N4O4/c1-18(2)16-22(24(31)27-29(17-19(3)4)23(30)14-9-15-26)21(25(32)28-33)13-8-12-20-10-6-5-7-11-20/h5-8,10-12,18-19,21-22,33H,9,13-17,26H2,1-4H3,(H,27,31)(H,28,32)/b12-8+/t21-,22+/m0/s1. The first-order chi connectivity index (χ1) is 15.7. The topological polar surface area (TPSA) is 125 Å². The Labute approximate surface area is 197 Å². The number of nitrogens with zero attached hydrogens (tertiary/aromatic N) is 1. The van der Waals surface area contributed by atoms with Crippen LogP contribution in [0.4, 0.5) is 0 Å². The van der Waals surface area contributed by atoms with Gasteiger partial charge in [-0.25, -0.2) is 5.48 Å². The summed E-state index contributed by atoms with van der Waals surface area (Å²) < 4.78 is 0. The Bertz CT molecular complexity index is 765. The Morgan fingerprint density at radius 2 is 1.70 bits per heavy atom. The lowest BCUT2D eigenvalue weighted by molar-refractivity contribution is -0.147. The summed E-state index contributed by atoms with van der Waals surface area (Å²) in [4.78, 5) is 38.5. The predicted octanol–water partition coefficient (Wildman–Crippen LogP) is 3.13. The molecule has 1 aromatic rings. The summed E-state index contributed by atoms with van der Waals surface area (Å²) in [5, 5.41) is 10.7. The van der Waals surface area contributed by atoms with Gasteiger partial charge in [-0.3, -0.25) is 30.0 Å². The van der Waals surface area contributed by atoms with E-state index >= 15 is 0 Å². The quantitative estimate of drug-likeness (QED) is 0.266. The minimum absolute atomic E-state index is 0.124. The van der Waals surface area contributed by atoms with Crippen molar-refractivity contribution < 1.29 is 19.6 Å². The highest BCUT2D eigenvalue weighted by atomic mass is 16.5. The number of carbonyl (C=O) groups excluding carboxylic acids is 3. The van der Waals surface area contributed by atoms with Crippen molar-refractivity contribution in [1.29, 1.82) is 0 Å². The molecule has 0 aromatic heterocycles. The second-order valence-corrected chi connectivity index (χ2v) is 9.13. The number of nitrogens with one attached hydrogen (secondary N) is 2. The number of carbonyl (C=O) groups is 3. The third-order valence-electron chi connectivity index (χ3n) is 5.18. The van der Waals surface area contributed by atoms with Crippen LogP contribution < -0.4 is 16.6 Å². The number of hydrogen-bond acceptors (Lipinski definition) is 5. The molecule has 0 spiro atoms. The van der Waals surface area contributed by atoms with Gasteiger partial charge in [-0.1, -0.05) is 70.2 Å². The second kappa shape index (κ2) is 15.2. The van der Waals surface area contributed by atoms with E-state index in [1.54, 1.807) is 5.48 Å². The first kappa shape index (κ1) is 28.3. The van der Waals surface area contributed by atoms with Crippen LogP contribution in [0.2, 0.25) is 0 Å². The van der Waals surface area contributed by atoms with Crippen LogP contribution in [0.15, 0.2) is 36.4 Å². The average molecular weight is 461 g/mol. The minimum atomic E-state index is -0.794. The van der Waals surface area contributed by atoms with Crippen LogP contribution in [-0.2, 0) is 14.4 Å². The summed E-state index contributed by atoms with van der Waals surface area (Å²) >= 11 is 0. The van der Waals surface area contributed by atoms with Crippen LogP contribution in [0.25, 0.3) is 6.08 Å². The fourth-order valence-electron chi connectivity index (χ4n) is 3.59.